The maximum absolute atomic E-state index is 10.8. The molecular weight excluding hydrogens is 176 g/mol. The Morgan fingerprint density at radius 3 is 3.00 bits per heavy atom. The van der Waals surface area contributed by atoms with Gasteiger partial charge in [0.25, 0.3) is 0 Å². The van der Waals surface area contributed by atoms with Gasteiger partial charge in [-0.25, -0.2) is 0 Å². The average molecular weight is 188 g/mol. The monoisotopic (exact) mass is 188 g/mol. The molecule has 0 saturated heterocycles. The Balaban J connectivity index is 3.15. The van der Waals surface area contributed by atoms with Crippen molar-refractivity contribution in [2.24, 2.45) is 0 Å². The number of carbonyl (C=O) groups excluding carboxylic acids is 1. The number of thioether (sulfide) groups is 1. The van der Waals surface area contributed by atoms with Crippen molar-refractivity contribution in [1.82, 2.24) is 5.32 Å². The van der Waals surface area contributed by atoms with Crippen LogP contribution in [0.3, 0.4) is 0 Å². The molecule has 0 heterocycles. The lowest BCUT2D eigenvalue weighted by molar-refractivity contribution is -0.118. The molecule has 0 radical (unpaired) electrons. The summed E-state index contributed by atoms with van der Waals surface area (Å²) >= 11 is 1.45. The van der Waals surface area contributed by atoms with Crippen molar-refractivity contribution in [1.29, 1.82) is 5.26 Å². The number of rotatable bonds is 6. The lowest BCUT2D eigenvalue weighted by Crippen LogP contribution is -2.25. The van der Waals surface area contributed by atoms with Crippen LogP contribution in [0.5, 0.6) is 0 Å². The molecule has 0 aliphatic rings. The average Bonchev–Trinajstić information content (AvgIpc) is 2.09. The van der Waals surface area contributed by atoms with Crippen LogP contribution in [0.15, 0.2) is 0 Å². The van der Waals surface area contributed by atoms with Crippen LogP contribution in [0.4, 0.5) is 0 Å². The molecule has 1 amide bonds. The highest BCUT2D eigenvalue weighted by Gasteiger charge is 1.98. The number of hydrogen-bond donors (Lipinski definition) is 2. The van der Waals surface area contributed by atoms with Gasteiger partial charge in [0.15, 0.2) is 0 Å². The molecule has 0 aliphatic carbocycles. The van der Waals surface area contributed by atoms with Gasteiger partial charge < -0.3 is 10.4 Å². The smallest absolute Gasteiger partial charge is 0.230 e. The highest BCUT2D eigenvalue weighted by atomic mass is 32.2. The summed E-state index contributed by atoms with van der Waals surface area (Å²) in [5, 5.41) is 19.0. The number of carbonyl (C=O) groups is 1. The maximum Gasteiger partial charge on any atom is 0.230 e. The lowest BCUT2D eigenvalue weighted by atomic mass is 10.5. The minimum absolute atomic E-state index is 0.0688. The first-order chi connectivity index (χ1) is 5.81. The van der Waals surface area contributed by atoms with Crippen molar-refractivity contribution in [2.45, 2.75) is 6.42 Å². The Labute approximate surface area is 76.0 Å². The van der Waals surface area contributed by atoms with E-state index in [1.165, 1.54) is 11.8 Å². The Morgan fingerprint density at radius 1 is 1.67 bits per heavy atom. The molecule has 12 heavy (non-hydrogen) atoms. The van der Waals surface area contributed by atoms with E-state index in [1.54, 1.807) is 0 Å². The Bertz CT molecular complexity index is 167. The number of hydrogen-bond acceptors (Lipinski definition) is 4. The van der Waals surface area contributed by atoms with E-state index < -0.39 is 0 Å². The van der Waals surface area contributed by atoms with Gasteiger partial charge in [-0.05, 0) is 12.2 Å². The third-order valence-corrected chi connectivity index (χ3v) is 2.09. The lowest BCUT2D eigenvalue weighted by Gasteiger charge is -1.99. The second kappa shape index (κ2) is 8.37. The summed E-state index contributed by atoms with van der Waals surface area (Å²) in [6.07, 6.45) is 0.705. The molecule has 0 aromatic carbocycles. The summed E-state index contributed by atoms with van der Waals surface area (Å²) < 4.78 is 0. The summed E-state index contributed by atoms with van der Waals surface area (Å²) in [6, 6.07) is 1.82. The van der Waals surface area contributed by atoms with E-state index in [0.717, 1.165) is 5.75 Å². The zero-order chi connectivity index (χ0) is 9.23. The normalized spacial score (nSPS) is 9.00. The van der Waals surface area contributed by atoms with Crippen LogP contribution >= 0.6 is 11.8 Å². The molecule has 0 rings (SSSR count). The zero-order valence-electron chi connectivity index (χ0n) is 6.75. The van der Waals surface area contributed by atoms with Crippen LogP contribution < -0.4 is 5.32 Å². The molecule has 0 aromatic heterocycles. The number of nitrogens with zero attached hydrogens (tertiary/aromatic N) is 1. The highest BCUT2D eigenvalue weighted by molar-refractivity contribution is 7.99. The summed E-state index contributed by atoms with van der Waals surface area (Å²) in [7, 11) is 0. The number of nitriles is 1. The molecule has 5 heteroatoms. The molecule has 0 aromatic rings. The van der Waals surface area contributed by atoms with E-state index in [9.17, 15) is 4.79 Å². The molecule has 0 spiro atoms. The first-order valence-corrected chi connectivity index (χ1v) is 4.79. The van der Waals surface area contributed by atoms with E-state index in [1.807, 2.05) is 6.07 Å². The first-order valence-electron chi connectivity index (χ1n) is 3.63. The molecule has 0 fully saturated rings. The van der Waals surface area contributed by atoms with Crippen molar-refractivity contribution in [3.05, 3.63) is 0 Å². The van der Waals surface area contributed by atoms with Crippen molar-refractivity contribution >= 4 is 17.7 Å². The third kappa shape index (κ3) is 7.38. The van der Waals surface area contributed by atoms with E-state index in [4.69, 9.17) is 10.4 Å². The number of nitrogens with one attached hydrogen (secondary N) is 1. The van der Waals surface area contributed by atoms with Crippen LogP contribution in [0, 0.1) is 11.3 Å². The SMILES string of the molecule is N#CCNC(=O)CSCCCO. The highest BCUT2D eigenvalue weighted by Crippen LogP contribution is 2.00. The second-order valence-electron chi connectivity index (χ2n) is 2.06. The Kier molecular flexibility index (Phi) is 7.86. The summed E-state index contributed by atoms with van der Waals surface area (Å²) in [5.41, 5.74) is 0. The molecule has 68 valence electrons. The predicted molar refractivity (Wildman–Crippen MR) is 47.7 cm³/mol. The number of amides is 1. The van der Waals surface area contributed by atoms with Gasteiger partial charge in [-0.1, -0.05) is 0 Å². The molecule has 0 aliphatic heterocycles. The molecule has 0 bridgehead atoms. The molecule has 4 nitrogen and oxygen atoms in total. The Morgan fingerprint density at radius 2 is 2.42 bits per heavy atom. The molecule has 2 N–H and O–H groups in total. The number of aliphatic hydroxyl groups excluding tert-OH is 1. The summed E-state index contributed by atoms with van der Waals surface area (Å²) in [6.45, 7) is 0.228. The standard InChI is InChI=1S/C7H12N2O2S/c8-2-3-9-7(11)6-12-5-1-4-10/h10H,1,3-6H2,(H,9,11). The van der Waals surface area contributed by atoms with Gasteiger partial charge in [-0.3, -0.25) is 4.79 Å². The van der Waals surface area contributed by atoms with Gasteiger partial charge in [0, 0.05) is 6.61 Å². The zero-order valence-corrected chi connectivity index (χ0v) is 7.56. The Hall–Kier alpha value is -0.730. The summed E-state index contributed by atoms with van der Waals surface area (Å²) in [4.78, 5) is 10.8. The fourth-order valence-corrected chi connectivity index (χ4v) is 1.29. The molecule has 0 saturated carbocycles. The van der Waals surface area contributed by atoms with Gasteiger partial charge in [0.1, 0.15) is 6.54 Å². The van der Waals surface area contributed by atoms with E-state index in [0.29, 0.717) is 12.2 Å². The predicted octanol–water partition coefficient (Wildman–Crippen LogP) is -0.258. The van der Waals surface area contributed by atoms with Crippen molar-refractivity contribution in [3.63, 3.8) is 0 Å². The van der Waals surface area contributed by atoms with Gasteiger partial charge in [-0.2, -0.15) is 17.0 Å². The van der Waals surface area contributed by atoms with Crippen molar-refractivity contribution in [3.8, 4) is 6.07 Å². The maximum atomic E-state index is 10.8. The molecule has 0 unspecified atom stereocenters. The first kappa shape index (κ1) is 11.3. The van der Waals surface area contributed by atoms with Gasteiger partial charge in [-0.15, -0.1) is 0 Å². The van der Waals surface area contributed by atoms with Crippen LogP contribution in [-0.2, 0) is 4.79 Å². The second-order valence-corrected chi connectivity index (χ2v) is 3.17. The van der Waals surface area contributed by atoms with E-state index in [2.05, 4.69) is 5.32 Å². The van der Waals surface area contributed by atoms with Gasteiger partial charge in [0.2, 0.25) is 5.91 Å². The molecule has 0 atom stereocenters. The van der Waals surface area contributed by atoms with Gasteiger partial charge >= 0.3 is 0 Å². The summed E-state index contributed by atoms with van der Waals surface area (Å²) in [5.74, 6) is 1.01. The number of aliphatic hydroxyl groups is 1. The topological polar surface area (TPSA) is 73.1 Å². The van der Waals surface area contributed by atoms with Gasteiger partial charge in [0.05, 0.1) is 11.8 Å². The molecular formula is C7H12N2O2S. The van der Waals surface area contributed by atoms with E-state index in [-0.39, 0.29) is 19.1 Å². The van der Waals surface area contributed by atoms with E-state index >= 15 is 0 Å². The van der Waals surface area contributed by atoms with Crippen molar-refractivity contribution in [2.75, 3.05) is 24.7 Å². The quantitative estimate of drug-likeness (QED) is 0.445. The third-order valence-electron chi connectivity index (χ3n) is 1.04. The minimum Gasteiger partial charge on any atom is -0.396 e. The largest absolute Gasteiger partial charge is 0.396 e. The minimum atomic E-state index is -0.125. The fourth-order valence-electron chi connectivity index (χ4n) is 0.521. The van der Waals surface area contributed by atoms with Crippen LogP contribution in [0.25, 0.3) is 0 Å². The van der Waals surface area contributed by atoms with Crippen molar-refractivity contribution < 1.29 is 9.90 Å². The van der Waals surface area contributed by atoms with Crippen LogP contribution in [0.1, 0.15) is 6.42 Å². The fraction of sp³-hybridized carbons (Fsp3) is 0.714. The van der Waals surface area contributed by atoms with Crippen LogP contribution in [0.2, 0.25) is 0 Å². The van der Waals surface area contributed by atoms with Crippen LogP contribution in [-0.4, -0.2) is 35.7 Å².